The van der Waals surface area contributed by atoms with E-state index >= 15 is 0 Å². The number of thiophene rings is 1. The van der Waals surface area contributed by atoms with Gasteiger partial charge in [0.1, 0.15) is 11.1 Å². The molecule has 0 fully saturated rings. The minimum atomic E-state index is -0.143. The molecule has 0 saturated heterocycles. The Kier molecular flexibility index (Phi) is 4.49. The molecular weight excluding hydrogens is 304 g/mol. The van der Waals surface area contributed by atoms with E-state index in [1.54, 1.807) is 17.4 Å². The number of rotatable bonds is 3. The lowest BCUT2D eigenvalue weighted by atomic mass is 9.86. The maximum atomic E-state index is 12.5. The average Bonchev–Trinajstić information content (AvgIpc) is 2.90. The largest absolute Gasteiger partial charge is 0.312 e. The van der Waals surface area contributed by atoms with Crippen molar-refractivity contribution in [3.8, 4) is 6.07 Å². The van der Waals surface area contributed by atoms with Crippen molar-refractivity contribution in [1.82, 2.24) is 0 Å². The van der Waals surface area contributed by atoms with Crippen LogP contribution in [0.5, 0.6) is 0 Å². The molecule has 3 nitrogen and oxygen atoms in total. The van der Waals surface area contributed by atoms with Crippen LogP contribution in [0, 0.1) is 24.2 Å². The van der Waals surface area contributed by atoms with Crippen LogP contribution in [-0.4, -0.2) is 5.91 Å². The van der Waals surface area contributed by atoms with Gasteiger partial charge in [0.05, 0.1) is 5.56 Å². The third-order valence-corrected chi connectivity index (χ3v) is 5.73. The molecule has 0 aliphatic heterocycles. The number of carbonyl (C=O) groups is 1. The third kappa shape index (κ3) is 3.16. The molecule has 1 atom stereocenters. The number of aryl methyl sites for hydroxylation is 1. The zero-order valence-electron chi connectivity index (χ0n) is 13.5. The monoisotopic (exact) mass is 324 g/mol. The van der Waals surface area contributed by atoms with Crippen molar-refractivity contribution >= 4 is 22.2 Å². The molecule has 2 aromatic rings. The molecule has 1 aromatic carbocycles. The smallest absolute Gasteiger partial charge is 0.256 e. The second-order valence-corrected chi connectivity index (χ2v) is 7.27. The van der Waals surface area contributed by atoms with Crippen LogP contribution in [0.4, 0.5) is 5.00 Å². The van der Waals surface area contributed by atoms with E-state index in [0.717, 1.165) is 30.4 Å². The van der Waals surface area contributed by atoms with Crippen molar-refractivity contribution in [2.75, 3.05) is 5.32 Å². The molecule has 1 N–H and O–H groups in total. The van der Waals surface area contributed by atoms with E-state index in [2.05, 4.69) is 18.3 Å². The van der Waals surface area contributed by atoms with E-state index in [0.29, 0.717) is 22.0 Å². The van der Waals surface area contributed by atoms with Crippen LogP contribution >= 0.6 is 11.3 Å². The summed E-state index contributed by atoms with van der Waals surface area (Å²) in [5.74, 6) is 0.559. The number of benzene rings is 1. The highest BCUT2D eigenvalue weighted by Gasteiger charge is 2.25. The quantitative estimate of drug-likeness (QED) is 0.890. The minimum absolute atomic E-state index is 0.143. The Labute approximate surface area is 141 Å². The van der Waals surface area contributed by atoms with Crippen LogP contribution < -0.4 is 5.32 Å². The van der Waals surface area contributed by atoms with Gasteiger partial charge < -0.3 is 5.32 Å². The van der Waals surface area contributed by atoms with Gasteiger partial charge in [0, 0.05) is 10.4 Å². The Bertz CT molecular complexity index is 785. The number of hydrogen-bond donors (Lipinski definition) is 1. The van der Waals surface area contributed by atoms with Crippen molar-refractivity contribution in [2.45, 2.75) is 39.5 Å². The van der Waals surface area contributed by atoms with Gasteiger partial charge in [0.15, 0.2) is 0 Å². The summed E-state index contributed by atoms with van der Waals surface area (Å²) in [6.07, 6.45) is 4.30. The van der Waals surface area contributed by atoms with Crippen molar-refractivity contribution in [2.24, 2.45) is 5.92 Å². The Morgan fingerprint density at radius 2 is 2.30 bits per heavy atom. The van der Waals surface area contributed by atoms with Gasteiger partial charge in [0.2, 0.25) is 0 Å². The predicted molar refractivity (Wildman–Crippen MR) is 94.0 cm³/mol. The number of anilines is 1. The van der Waals surface area contributed by atoms with Gasteiger partial charge in [-0.15, -0.1) is 11.3 Å². The van der Waals surface area contributed by atoms with Crippen molar-refractivity contribution in [3.63, 3.8) is 0 Å². The van der Waals surface area contributed by atoms with Crippen LogP contribution in [0.25, 0.3) is 0 Å². The van der Waals surface area contributed by atoms with Gasteiger partial charge in [-0.05, 0) is 49.8 Å². The average molecular weight is 324 g/mol. The summed E-state index contributed by atoms with van der Waals surface area (Å²) < 4.78 is 0. The summed E-state index contributed by atoms with van der Waals surface area (Å²) in [5, 5.41) is 13.2. The van der Waals surface area contributed by atoms with E-state index in [9.17, 15) is 10.1 Å². The van der Waals surface area contributed by atoms with Crippen molar-refractivity contribution in [1.29, 1.82) is 5.26 Å². The van der Waals surface area contributed by atoms with Crippen LogP contribution in [0.2, 0.25) is 0 Å². The van der Waals surface area contributed by atoms with Crippen LogP contribution in [-0.2, 0) is 12.8 Å². The Balaban J connectivity index is 1.88. The minimum Gasteiger partial charge on any atom is -0.312 e. The fourth-order valence-corrected chi connectivity index (χ4v) is 4.48. The third-order valence-electron chi connectivity index (χ3n) is 4.56. The second-order valence-electron chi connectivity index (χ2n) is 6.16. The maximum absolute atomic E-state index is 12.5. The topological polar surface area (TPSA) is 52.9 Å². The zero-order chi connectivity index (χ0) is 16.4. The first-order chi connectivity index (χ1) is 11.1. The molecule has 4 heteroatoms. The molecule has 1 aliphatic rings. The highest BCUT2D eigenvalue weighted by atomic mass is 32.1. The number of hydrogen-bond acceptors (Lipinski definition) is 3. The van der Waals surface area contributed by atoms with Crippen molar-refractivity contribution < 1.29 is 4.79 Å². The normalized spacial score (nSPS) is 16.5. The first-order valence-electron chi connectivity index (χ1n) is 8.05. The van der Waals surface area contributed by atoms with E-state index in [-0.39, 0.29) is 5.91 Å². The number of amides is 1. The number of carbonyl (C=O) groups excluding carboxylic acids is 1. The summed E-state index contributed by atoms with van der Waals surface area (Å²) in [7, 11) is 0. The lowest BCUT2D eigenvalue weighted by Gasteiger charge is -2.20. The standard InChI is InChI=1S/C19H20N2OS/c1-3-13-7-8-15-16(11-20)19(23-17(15)10-13)21-18(22)14-6-4-5-12(2)9-14/h4-6,9,13H,3,7-8,10H2,1-2H3,(H,21,22). The van der Waals surface area contributed by atoms with Crippen LogP contribution in [0.1, 0.15) is 51.7 Å². The molecule has 0 bridgehead atoms. The molecule has 0 spiro atoms. The number of nitrogens with zero attached hydrogens (tertiary/aromatic N) is 1. The fraction of sp³-hybridized carbons (Fsp3) is 0.368. The molecule has 1 aromatic heterocycles. The summed E-state index contributed by atoms with van der Waals surface area (Å²) in [6.45, 7) is 4.18. The molecule has 1 aliphatic carbocycles. The van der Waals surface area contributed by atoms with Gasteiger partial charge in [0.25, 0.3) is 5.91 Å². The van der Waals surface area contributed by atoms with Crippen molar-refractivity contribution in [3.05, 3.63) is 51.4 Å². The molecule has 0 radical (unpaired) electrons. The Morgan fingerprint density at radius 3 is 3.00 bits per heavy atom. The first-order valence-corrected chi connectivity index (χ1v) is 8.86. The van der Waals surface area contributed by atoms with E-state index in [1.807, 2.05) is 25.1 Å². The summed E-state index contributed by atoms with van der Waals surface area (Å²) in [4.78, 5) is 13.7. The zero-order valence-corrected chi connectivity index (χ0v) is 14.3. The first kappa shape index (κ1) is 15.8. The maximum Gasteiger partial charge on any atom is 0.256 e. The fourth-order valence-electron chi connectivity index (χ4n) is 3.17. The van der Waals surface area contributed by atoms with Crippen LogP contribution in [0.3, 0.4) is 0 Å². The lowest BCUT2D eigenvalue weighted by molar-refractivity contribution is 0.102. The van der Waals surface area contributed by atoms with Gasteiger partial charge in [-0.2, -0.15) is 5.26 Å². The summed E-state index contributed by atoms with van der Waals surface area (Å²) in [5.41, 5.74) is 3.50. The van der Waals surface area contributed by atoms with E-state index < -0.39 is 0 Å². The Morgan fingerprint density at radius 1 is 1.48 bits per heavy atom. The highest BCUT2D eigenvalue weighted by molar-refractivity contribution is 7.16. The lowest BCUT2D eigenvalue weighted by Crippen LogP contribution is -2.12. The molecule has 3 rings (SSSR count). The predicted octanol–water partition coefficient (Wildman–Crippen LogP) is 4.70. The molecule has 118 valence electrons. The van der Waals surface area contributed by atoms with Crippen LogP contribution in [0.15, 0.2) is 24.3 Å². The Hall–Kier alpha value is -2.12. The molecule has 23 heavy (non-hydrogen) atoms. The summed E-state index contributed by atoms with van der Waals surface area (Å²) in [6, 6.07) is 9.80. The number of fused-ring (bicyclic) bond motifs is 1. The van der Waals surface area contributed by atoms with Gasteiger partial charge >= 0.3 is 0 Å². The molecule has 0 saturated carbocycles. The summed E-state index contributed by atoms with van der Waals surface area (Å²) >= 11 is 1.58. The molecule has 1 amide bonds. The highest BCUT2D eigenvalue weighted by Crippen LogP contribution is 2.40. The van der Waals surface area contributed by atoms with E-state index in [4.69, 9.17) is 0 Å². The number of nitrogens with one attached hydrogen (secondary N) is 1. The second kappa shape index (κ2) is 6.55. The number of nitriles is 1. The SMILES string of the molecule is CCC1CCc2c(sc(NC(=O)c3cccc(C)c3)c2C#N)C1. The molecule has 1 unspecified atom stereocenters. The van der Waals surface area contributed by atoms with Gasteiger partial charge in [-0.3, -0.25) is 4.79 Å². The van der Waals surface area contributed by atoms with Gasteiger partial charge in [-0.1, -0.05) is 31.0 Å². The molecule has 1 heterocycles. The van der Waals surface area contributed by atoms with Gasteiger partial charge in [-0.25, -0.2) is 0 Å². The van der Waals surface area contributed by atoms with E-state index in [1.165, 1.54) is 11.3 Å². The molecular formula is C19H20N2OS.